The highest BCUT2D eigenvalue weighted by Gasteiger charge is 2.39. The van der Waals surface area contributed by atoms with Gasteiger partial charge < -0.3 is 10.4 Å². The van der Waals surface area contributed by atoms with Gasteiger partial charge in [0.1, 0.15) is 0 Å². The van der Waals surface area contributed by atoms with Crippen LogP contribution in [-0.2, 0) is 0 Å². The summed E-state index contributed by atoms with van der Waals surface area (Å²) in [5, 5.41) is 27.1. The number of benzene rings is 3. The second kappa shape index (κ2) is 5.84. The zero-order valence-electron chi connectivity index (χ0n) is 14.5. The van der Waals surface area contributed by atoms with E-state index in [2.05, 4.69) is 47.8 Å². The summed E-state index contributed by atoms with van der Waals surface area (Å²) in [4.78, 5) is 10.7. The quantitative estimate of drug-likeness (QED) is 0.371. The Kier molecular flexibility index (Phi) is 3.44. The number of hydrogen-bond acceptors (Lipinski definition) is 4. The summed E-state index contributed by atoms with van der Waals surface area (Å²) < 4.78 is 0. The Hall–Kier alpha value is -3.34. The first kappa shape index (κ1) is 15.9. The van der Waals surface area contributed by atoms with Gasteiger partial charge in [0.2, 0.25) is 0 Å². The zero-order chi connectivity index (χ0) is 18.5. The van der Waals surface area contributed by atoms with Crippen LogP contribution in [0.1, 0.15) is 29.5 Å². The maximum absolute atomic E-state index is 11.2. The predicted octanol–water partition coefficient (Wildman–Crippen LogP) is 5.28. The van der Waals surface area contributed by atoms with Crippen LogP contribution in [0.25, 0.3) is 10.8 Å². The molecule has 2 N–H and O–H groups in total. The fraction of sp³-hybridized carbons (Fsp3) is 0.182. The summed E-state index contributed by atoms with van der Waals surface area (Å²) in [5.74, 6) is 0.254. The third-order valence-electron chi connectivity index (χ3n) is 5.81. The topological polar surface area (TPSA) is 75.4 Å². The lowest BCUT2D eigenvalue weighted by Crippen LogP contribution is -2.29. The molecule has 5 rings (SSSR count). The maximum atomic E-state index is 11.2. The smallest absolute Gasteiger partial charge is 0.311 e. The molecule has 0 saturated heterocycles. The van der Waals surface area contributed by atoms with Crippen LogP contribution in [-0.4, -0.2) is 10.0 Å². The Morgan fingerprint density at radius 2 is 1.96 bits per heavy atom. The van der Waals surface area contributed by atoms with Crippen LogP contribution in [0.5, 0.6) is 5.75 Å². The number of fused-ring (bicyclic) bond motifs is 5. The van der Waals surface area contributed by atoms with Crippen molar-refractivity contribution in [3.8, 4) is 5.75 Å². The van der Waals surface area contributed by atoms with Gasteiger partial charge in [-0.1, -0.05) is 48.6 Å². The molecule has 5 nitrogen and oxygen atoms in total. The number of nitrogens with zero attached hydrogens (tertiary/aromatic N) is 1. The SMILES string of the molecule is O=[N+]([O-])c1cc([C@H]2Nc3ccc4ccccc4c3[C@H]3C=CC[C@H]32)ccc1O. The molecule has 0 amide bonds. The third-order valence-corrected chi connectivity index (χ3v) is 5.81. The molecular formula is C22H18N2O3. The largest absolute Gasteiger partial charge is 0.502 e. The molecule has 0 saturated carbocycles. The van der Waals surface area contributed by atoms with Crippen LogP contribution >= 0.6 is 0 Å². The van der Waals surface area contributed by atoms with Gasteiger partial charge in [0, 0.05) is 17.7 Å². The van der Waals surface area contributed by atoms with Crippen LogP contribution in [0.3, 0.4) is 0 Å². The summed E-state index contributed by atoms with van der Waals surface area (Å²) in [6.45, 7) is 0. The van der Waals surface area contributed by atoms with E-state index in [1.165, 1.54) is 28.5 Å². The van der Waals surface area contributed by atoms with Gasteiger partial charge in [0.15, 0.2) is 5.75 Å². The lowest BCUT2D eigenvalue weighted by molar-refractivity contribution is -0.385. The van der Waals surface area contributed by atoms with Gasteiger partial charge in [-0.2, -0.15) is 0 Å². The van der Waals surface area contributed by atoms with E-state index in [1.807, 2.05) is 6.07 Å². The average Bonchev–Trinajstić information content (AvgIpc) is 3.17. The van der Waals surface area contributed by atoms with Crippen molar-refractivity contribution < 1.29 is 10.0 Å². The highest BCUT2D eigenvalue weighted by molar-refractivity contribution is 5.91. The maximum Gasteiger partial charge on any atom is 0.311 e. The summed E-state index contributed by atoms with van der Waals surface area (Å²) in [7, 11) is 0. The first-order valence-corrected chi connectivity index (χ1v) is 9.05. The minimum absolute atomic E-state index is 0.0436. The normalized spacial score (nSPS) is 22.9. The van der Waals surface area contributed by atoms with Crippen molar-refractivity contribution in [2.24, 2.45) is 5.92 Å². The van der Waals surface area contributed by atoms with Crippen molar-refractivity contribution in [2.45, 2.75) is 18.4 Å². The summed E-state index contributed by atoms with van der Waals surface area (Å²) in [6.07, 6.45) is 5.38. The lowest BCUT2D eigenvalue weighted by Gasteiger charge is -2.38. The number of nitrogens with one attached hydrogen (secondary N) is 1. The van der Waals surface area contributed by atoms with Crippen molar-refractivity contribution in [3.63, 3.8) is 0 Å². The molecule has 1 aliphatic heterocycles. The molecule has 1 heterocycles. The highest BCUT2D eigenvalue weighted by atomic mass is 16.6. The molecule has 0 aromatic heterocycles. The lowest BCUT2D eigenvalue weighted by atomic mass is 9.75. The van der Waals surface area contributed by atoms with Crippen LogP contribution < -0.4 is 5.32 Å². The molecule has 0 spiro atoms. The summed E-state index contributed by atoms with van der Waals surface area (Å²) >= 11 is 0. The third kappa shape index (κ3) is 2.39. The fourth-order valence-electron chi connectivity index (χ4n) is 4.59. The average molecular weight is 358 g/mol. The van der Waals surface area contributed by atoms with Gasteiger partial charge in [-0.05, 0) is 46.4 Å². The fourth-order valence-corrected chi connectivity index (χ4v) is 4.59. The Bertz CT molecular complexity index is 1110. The van der Waals surface area contributed by atoms with Crippen molar-refractivity contribution in [2.75, 3.05) is 5.32 Å². The standard InChI is InChI=1S/C22H18N2O3/c25-20-11-9-14(12-19(20)24(26)27)22-17-7-3-6-16(17)21-15-5-2-1-4-13(15)8-10-18(21)23-22/h1-6,8-12,16-17,22-23,25H,7H2/t16-,17+,22+/m0/s1. The van der Waals surface area contributed by atoms with Gasteiger partial charge >= 0.3 is 5.69 Å². The molecule has 27 heavy (non-hydrogen) atoms. The van der Waals surface area contributed by atoms with E-state index in [1.54, 1.807) is 6.07 Å². The molecule has 2 aliphatic rings. The van der Waals surface area contributed by atoms with Gasteiger partial charge in [0.25, 0.3) is 0 Å². The second-order valence-electron chi connectivity index (χ2n) is 7.23. The Labute approximate surface area is 156 Å². The number of hydrogen-bond donors (Lipinski definition) is 2. The van der Waals surface area contributed by atoms with E-state index in [0.29, 0.717) is 0 Å². The van der Waals surface area contributed by atoms with Gasteiger partial charge in [-0.15, -0.1) is 0 Å². The molecule has 5 heteroatoms. The van der Waals surface area contributed by atoms with Crippen LogP contribution in [0.4, 0.5) is 11.4 Å². The van der Waals surface area contributed by atoms with Gasteiger partial charge in [0.05, 0.1) is 11.0 Å². The van der Waals surface area contributed by atoms with E-state index in [9.17, 15) is 15.2 Å². The second-order valence-corrected chi connectivity index (χ2v) is 7.23. The number of phenolic OH excluding ortho intramolecular Hbond substituents is 1. The first-order valence-electron chi connectivity index (χ1n) is 9.05. The van der Waals surface area contributed by atoms with E-state index >= 15 is 0 Å². The van der Waals surface area contributed by atoms with Crippen molar-refractivity contribution in [3.05, 3.63) is 88.0 Å². The number of nitro groups is 1. The molecular weight excluding hydrogens is 340 g/mol. The number of phenols is 1. The highest BCUT2D eigenvalue weighted by Crippen LogP contribution is 2.52. The predicted molar refractivity (Wildman–Crippen MR) is 105 cm³/mol. The molecule has 134 valence electrons. The Morgan fingerprint density at radius 3 is 2.81 bits per heavy atom. The molecule has 0 radical (unpaired) electrons. The monoisotopic (exact) mass is 358 g/mol. The van der Waals surface area contributed by atoms with Crippen molar-refractivity contribution >= 4 is 22.1 Å². The number of aromatic hydroxyl groups is 1. The van der Waals surface area contributed by atoms with Gasteiger partial charge in [-0.25, -0.2) is 0 Å². The Balaban J connectivity index is 1.65. The summed E-state index contributed by atoms with van der Waals surface area (Å²) in [5.41, 5.74) is 2.96. The first-order chi connectivity index (χ1) is 13.1. The zero-order valence-corrected chi connectivity index (χ0v) is 14.5. The van der Waals surface area contributed by atoms with Crippen LogP contribution in [0, 0.1) is 16.0 Å². The van der Waals surface area contributed by atoms with E-state index in [-0.39, 0.29) is 29.3 Å². The van der Waals surface area contributed by atoms with Crippen LogP contribution in [0.2, 0.25) is 0 Å². The van der Waals surface area contributed by atoms with E-state index in [4.69, 9.17) is 0 Å². The summed E-state index contributed by atoms with van der Waals surface area (Å²) in [6, 6.07) is 17.2. The molecule has 1 aliphatic carbocycles. The van der Waals surface area contributed by atoms with Crippen LogP contribution in [0.15, 0.2) is 66.7 Å². The minimum atomic E-state index is -0.534. The molecule has 3 aromatic carbocycles. The number of nitro benzene ring substituents is 1. The van der Waals surface area contributed by atoms with E-state index in [0.717, 1.165) is 17.7 Å². The molecule has 3 aromatic rings. The van der Waals surface area contributed by atoms with Gasteiger partial charge in [-0.3, -0.25) is 10.1 Å². The molecule has 0 bridgehead atoms. The number of rotatable bonds is 2. The van der Waals surface area contributed by atoms with E-state index < -0.39 is 4.92 Å². The minimum Gasteiger partial charge on any atom is -0.502 e. The molecule has 0 unspecified atom stereocenters. The van der Waals surface area contributed by atoms with Crippen molar-refractivity contribution in [1.29, 1.82) is 0 Å². The van der Waals surface area contributed by atoms with Crippen molar-refractivity contribution in [1.82, 2.24) is 0 Å². The molecule has 3 atom stereocenters. The Morgan fingerprint density at radius 1 is 1.11 bits per heavy atom. The number of allylic oxidation sites excluding steroid dienone is 2. The molecule has 0 fully saturated rings. The number of anilines is 1.